The van der Waals surface area contributed by atoms with Crippen LogP contribution in [-0.4, -0.2) is 52.3 Å². The molecule has 0 radical (unpaired) electrons. The minimum absolute atomic E-state index is 0.0870. The molecule has 124 valence electrons. The standard InChI is InChI=1S/C11H17N3O7S/c1-6(11(19)20)2-3-8(15)13-7(5-22-14-21)10(18)12-4-9(16)17/h6-7H,2-5H2,1H3,(H,12,18)(H,13,15)(H,16,17)(H,19,20)/t6-,7-/m0/s1. The summed E-state index contributed by atoms with van der Waals surface area (Å²) in [5, 5.41) is 21.6. The van der Waals surface area contributed by atoms with Crippen molar-refractivity contribution in [3.63, 3.8) is 0 Å². The van der Waals surface area contributed by atoms with Crippen molar-refractivity contribution in [1.29, 1.82) is 0 Å². The molecule has 0 saturated carbocycles. The van der Waals surface area contributed by atoms with Crippen LogP contribution >= 0.6 is 11.9 Å². The predicted molar refractivity (Wildman–Crippen MR) is 76.9 cm³/mol. The molecule has 10 nitrogen and oxygen atoms in total. The number of nitrogens with zero attached hydrogens (tertiary/aromatic N) is 1. The maximum absolute atomic E-state index is 11.7. The fourth-order valence-corrected chi connectivity index (χ4v) is 1.76. The van der Waals surface area contributed by atoms with Crippen LogP contribution in [0.25, 0.3) is 0 Å². The maximum Gasteiger partial charge on any atom is 0.322 e. The Kier molecular flexibility index (Phi) is 9.50. The summed E-state index contributed by atoms with van der Waals surface area (Å²) in [5.74, 6) is -4.50. The van der Waals surface area contributed by atoms with E-state index < -0.39 is 42.3 Å². The van der Waals surface area contributed by atoms with Crippen LogP contribution < -0.4 is 10.6 Å². The van der Waals surface area contributed by atoms with E-state index in [0.717, 1.165) is 0 Å². The molecule has 0 aliphatic carbocycles. The summed E-state index contributed by atoms with van der Waals surface area (Å²) in [7, 11) is 0. The maximum atomic E-state index is 11.7. The van der Waals surface area contributed by atoms with Crippen LogP contribution in [-0.2, 0) is 19.2 Å². The molecule has 2 atom stereocenters. The highest BCUT2D eigenvalue weighted by molar-refractivity contribution is 7.97. The van der Waals surface area contributed by atoms with Gasteiger partial charge in [-0.05, 0) is 6.42 Å². The van der Waals surface area contributed by atoms with Gasteiger partial charge in [0, 0.05) is 28.7 Å². The minimum Gasteiger partial charge on any atom is -0.481 e. The first kappa shape index (κ1) is 19.8. The third-order valence-corrected chi connectivity index (χ3v) is 3.17. The normalized spacial score (nSPS) is 12.8. The second-order valence-electron chi connectivity index (χ2n) is 4.38. The third-order valence-electron chi connectivity index (χ3n) is 2.59. The van der Waals surface area contributed by atoms with Crippen LogP contribution in [0, 0.1) is 10.8 Å². The number of hydrogen-bond donors (Lipinski definition) is 4. The SMILES string of the molecule is C[C@@H](CCC(=O)N[C@@H](CSN=O)C(=O)NCC(=O)O)C(=O)O. The molecule has 0 fully saturated rings. The van der Waals surface area contributed by atoms with Crippen molar-refractivity contribution in [3.05, 3.63) is 4.91 Å². The molecule has 11 heteroatoms. The average molecular weight is 335 g/mol. The second-order valence-corrected chi connectivity index (χ2v) is 5.12. The van der Waals surface area contributed by atoms with Crippen molar-refractivity contribution < 1.29 is 29.4 Å². The molecule has 0 aromatic rings. The van der Waals surface area contributed by atoms with Crippen molar-refractivity contribution in [2.75, 3.05) is 12.3 Å². The van der Waals surface area contributed by atoms with E-state index in [2.05, 4.69) is 15.2 Å². The molecule has 4 N–H and O–H groups in total. The smallest absolute Gasteiger partial charge is 0.322 e. The second kappa shape index (κ2) is 10.5. The zero-order valence-corrected chi connectivity index (χ0v) is 12.6. The fourth-order valence-electron chi connectivity index (χ4n) is 1.31. The molecular weight excluding hydrogens is 318 g/mol. The molecule has 0 heterocycles. The Balaban J connectivity index is 4.46. The lowest BCUT2D eigenvalue weighted by molar-refractivity contribution is -0.141. The van der Waals surface area contributed by atoms with E-state index in [1.54, 1.807) is 0 Å². The van der Waals surface area contributed by atoms with Gasteiger partial charge < -0.3 is 20.8 Å². The number of aliphatic carboxylic acids is 2. The van der Waals surface area contributed by atoms with Gasteiger partial charge in [0.2, 0.25) is 11.8 Å². The minimum atomic E-state index is -1.25. The summed E-state index contributed by atoms with van der Waals surface area (Å²) in [6.45, 7) is 0.819. The highest BCUT2D eigenvalue weighted by atomic mass is 32.2. The van der Waals surface area contributed by atoms with E-state index in [4.69, 9.17) is 10.2 Å². The van der Waals surface area contributed by atoms with Gasteiger partial charge >= 0.3 is 11.9 Å². The number of carboxylic acid groups (broad SMARTS) is 2. The van der Waals surface area contributed by atoms with Gasteiger partial charge in [0.05, 0.1) is 5.92 Å². The Morgan fingerprint density at radius 2 is 1.86 bits per heavy atom. The van der Waals surface area contributed by atoms with E-state index in [9.17, 15) is 24.1 Å². The molecule has 0 saturated heterocycles. The lowest BCUT2D eigenvalue weighted by atomic mass is 10.1. The van der Waals surface area contributed by atoms with Gasteiger partial charge in [-0.2, -0.15) is 0 Å². The molecule has 0 aromatic carbocycles. The molecular formula is C11H17N3O7S. The Hall–Kier alpha value is -2.17. The van der Waals surface area contributed by atoms with E-state index >= 15 is 0 Å². The van der Waals surface area contributed by atoms with Gasteiger partial charge in [0.25, 0.3) is 0 Å². The number of nitrogens with one attached hydrogen (secondary N) is 2. The van der Waals surface area contributed by atoms with Gasteiger partial charge in [-0.1, -0.05) is 6.92 Å². The van der Waals surface area contributed by atoms with Crippen LogP contribution in [0.4, 0.5) is 0 Å². The van der Waals surface area contributed by atoms with Gasteiger partial charge in [-0.15, -0.1) is 4.91 Å². The molecule has 0 bridgehead atoms. The first-order valence-electron chi connectivity index (χ1n) is 6.24. The van der Waals surface area contributed by atoms with E-state index in [0.29, 0.717) is 11.9 Å². The summed E-state index contributed by atoms with van der Waals surface area (Å²) in [4.78, 5) is 54.4. The number of rotatable bonds is 11. The Morgan fingerprint density at radius 3 is 2.36 bits per heavy atom. The van der Waals surface area contributed by atoms with Gasteiger partial charge in [-0.25, -0.2) is 0 Å². The van der Waals surface area contributed by atoms with Crippen molar-refractivity contribution in [2.45, 2.75) is 25.8 Å². The van der Waals surface area contributed by atoms with E-state index in [1.807, 2.05) is 0 Å². The quantitative estimate of drug-likeness (QED) is 0.292. The molecule has 0 aromatic heterocycles. The van der Waals surface area contributed by atoms with Gasteiger partial charge in [0.15, 0.2) is 0 Å². The number of hydrogen-bond acceptors (Lipinski definition) is 7. The molecule has 0 spiro atoms. The van der Waals surface area contributed by atoms with Crippen LogP contribution in [0.15, 0.2) is 4.58 Å². The predicted octanol–water partition coefficient (Wildman–Crippen LogP) is -0.412. The van der Waals surface area contributed by atoms with E-state index in [-0.39, 0.29) is 18.6 Å². The lowest BCUT2D eigenvalue weighted by Gasteiger charge is -2.16. The summed E-state index contributed by atoms with van der Waals surface area (Å²) in [6, 6.07) is -1.13. The Labute approximate surface area is 130 Å². The number of carbonyl (C=O) groups is 4. The zero-order valence-electron chi connectivity index (χ0n) is 11.8. The monoisotopic (exact) mass is 335 g/mol. The van der Waals surface area contributed by atoms with E-state index in [1.165, 1.54) is 6.92 Å². The average Bonchev–Trinajstić information content (AvgIpc) is 2.46. The van der Waals surface area contributed by atoms with Crippen molar-refractivity contribution in [2.24, 2.45) is 10.5 Å². The molecule has 2 amide bonds. The molecule has 0 unspecified atom stereocenters. The Bertz CT molecular complexity index is 443. The first-order valence-corrected chi connectivity index (χ1v) is 7.18. The highest BCUT2D eigenvalue weighted by Gasteiger charge is 2.22. The number of amides is 2. The summed E-state index contributed by atoms with van der Waals surface area (Å²) < 4.78 is 2.50. The number of nitroso groups, excluding NO2 is 1. The van der Waals surface area contributed by atoms with Crippen LogP contribution in [0.2, 0.25) is 0 Å². The number of carboxylic acids is 2. The van der Waals surface area contributed by atoms with Crippen LogP contribution in [0.1, 0.15) is 19.8 Å². The first-order chi connectivity index (χ1) is 10.3. The van der Waals surface area contributed by atoms with Gasteiger partial charge in [0.1, 0.15) is 12.6 Å². The fraction of sp³-hybridized carbons (Fsp3) is 0.636. The van der Waals surface area contributed by atoms with Crippen molar-refractivity contribution in [1.82, 2.24) is 10.6 Å². The highest BCUT2D eigenvalue weighted by Crippen LogP contribution is 2.07. The van der Waals surface area contributed by atoms with Crippen LogP contribution in [0.5, 0.6) is 0 Å². The molecule has 0 aliphatic heterocycles. The summed E-state index contributed by atoms with van der Waals surface area (Å²) in [6.07, 6.45) is -0.0287. The molecule has 0 rings (SSSR count). The molecule has 22 heavy (non-hydrogen) atoms. The topological polar surface area (TPSA) is 162 Å². The van der Waals surface area contributed by atoms with Crippen molar-refractivity contribution in [3.8, 4) is 0 Å². The van der Waals surface area contributed by atoms with Crippen molar-refractivity contribution >= 4 is 35.7 Å². The summed E-state index contributed by atoms with van der Waals surface area (Å²) >= 11 is 0.502. The Morgan fingerprint density at radius 1 is 1.23 bits per heavy atom. The third kappa shape index (κ3) is 8.89. The lowest BCUT2D eigenvalue weighted by Crippen LogP contribution is -2.49. The summed E-state index contributed by atoms with van der Waals surface area (Å²) in [5.41, 5.74) is 0. The van der Waals surface area contributed by atoms with Crippen LogP contribution in [0.3, 0.4) is 0 Å². The zero-order chi connectivity index (χ0) is 17.1. The largest absolute Gasteiger partial charge is 0.481 e. The van der Waals surface area contributed by atoms with Gasteiger partial charge in [-0.3, -0.25) is 19.2 Å². The number of carbonyl (C=O) groups excluding carboxylic acids is 2. The molecule has 0 aliphatic rings.